The number of carbonyl (C=O) groups is 1. The van der Waals surface area contributed by atoms with Crippen molar-refractivity contribution in [1.29, 1.82) is 0 Å². The van der Waals surface area contributed by atoms with Crippen molar-refractivity contribution < 1.29 is 14.3 Å². The lowest BCUT2D eigenvalue weighted by Crippen LogP contribution is -1.98. The van der Waals surface area contributed by atoms with Crippen LogP contribution in [0.15, 0.2) is 33.8 Å². The van der Waals surface area contributed by atoms with Crippen molar-refractivity contribution in [2.24, 2.45) is 5.10 Å². The number of nitrogens with one attached hydrogen (secondary N) is 1. The molecule has 6 heteroatoms. The van der Waals surface area contributed by atoms with E-state index < -0.39 is 5.97 Å². The van der Waals surface area contributed by atoms with Gasteiger partial charge in [-0.05, 0) is 12.1 Å². The highest BCUT2D eigenvalue weighted by molar-refractivity contribution is 6.22. The number of hydrogen-bond acceptors (Lipinski definition) is 5. The van der Waals surface area contributed by atoms with E-state index in [1.54, 1.807) is 12.1 Å². The highest BCUT2D eigenvalue weighted by Crippen LogP contribution is 2.17. The summed E-state index contributed by atoms with van der Waals surface area (Å²) in [4.78, 5) is 14.1. The number of carboxylic acids is 1. The van der Waals surface area contributed by atoms with Crippen LogP contribution in [0, 0.1) is 0 Å². The molecule has 15 heavy (non-hydrogen) atoms. The van der Waals surface area contributed by atoms with Gasteiger partial charge in [-0.1, -0.05) is 12.1 Å². The van der Waals surface area contributed by atoms with Crippen LogP contribution in [0.4, 0.5) is 6.01 Å². The number of carboxylic acid groups (broad SMARTS) is 1. The number of nitrogens with zero attached hydrogens (tertiary/aromatic N) is 2. The molecule has 0 unspecified atom stereocenters. The molecule has 1 heterocycles. The van der Waals surface area contributed by atoms with Crippen LogP contribution in [0.1, 0.15) is 0 Å². The van der Waals surface area contributed by atoms with Gasteiger partial charge in [0, 0.05) is 0 Å². The first kappa shape index (κ1) is 9.20. The van der Waals surface area contributed by atoms with Gasteiger partial charge in [0.05, 0.1) is 0 Å². The zero-order chi connectivity index (χ0) is 10.7. The molecule has 2 rings (SSSR count). The molecule has 0 spiro atoms. The van der Waals surface area contributed by atoms with Crippen LogP contribution in [0.5, 0.6) is 0 Å². The number of anilines is 1. The molecule has 2 aromatic rings. The molecule has 76 valence electrons. The standard InChI is InChI=1S/C9H7N3O3/c13-8(14)5-10-12-9-11-6-3-1-2-4-7(6)15-9/h1-5H,(H,11,12)(H,13,14). The lowest BCUT2D eigenvalue weighted by molar-refractivity contribution is -0.128. The molecule has 0 saturated carbocycles. The Hall–Kier alpha value is -2.37. The molecule has 1 aromatic heterocycles. The van der Waals surface area contributed by atoms with E-state index in [0.717, 1.165) is 6.21 Å². The number of benzene rings is 1. The Labute approximate surface area is 84.2 Å². The zero-order valence-corrected chi connectivity index (χ0v) is 7.54. The van der Waals surface area contributed by atoms with Crippen molar-refractivity contribution in [3.63, 3.8) is 0 Å². The third-order valence-electron chi connectivity index (χ3n) is 1.63. The lowest BCUT2D eigenvalue weighted by atomic mass is 10.3. The normalized spacial score (nSPS) is 10.9. The quantitative estimate of drug-likeness (QED) is 0.582. The zero-order valence-electron chi connectivity index (χ0n) is 7.54. The van der Waals surface area contributed by atoms with E-state index >= 15 is 0 Å². The smallest absolute Gasteiger partial charge is 0.348 e. The van der Waals surface area contributed by atoms with E-state index in [4.69, 9.17) is 9.52 Å². The van der Waals surface area contributed by atoms with Crippen molar-refractivity contribution in [2.45, 2.75) is 0 Å². The van der Waals surface area contributed by atoms with E-state index in [-0.39, 0.29) is 6.01 Å². The first-order valence-corrected chi connectivity index (χ1v) is 4.13. The molecule has 0 atom stereocenters. The molecule has 2 N–H and O–H groups in total. The second-order valence-electron chi connectivity index (χ2n) is 2.69. The van der Waals surface area contributed by atoms with Crippen LogP contribution in [0.25, 0.3) is 11.1 Å². The monoisotopic (exact) mass is 205 g/mol. The van der Waals surface area contributed by atoms with Crippen molar-refractivity contribution in [2.75, 3.05) is 5.43 Å². The fraction of sp³-hybridized carbons (Fsp3) is 0. The van der Waals surface area contributed by atoms with E-state index in [0.29, 0.717) is 11.1 Å². The van der Waals surface area contributed by atoms with E-state index in [1.807, 2.05) is 12.1 Å². The van der Waals surface area contributed by atoms with Gasteiger partial charge in [-0.15, -0.1) is 0 Å². The minimum absolute atomic E-state index is 0.161. The van der Waals surface area contributed by atoms with Gasteiger partial charge in [0.15, 0.2) is 5.58 Å². The molecule has 0 fully saturated rings. The van der Waals surface area contributed by atoms with Crippen LogP contribution in [-0.2, 0) is 4.79 Å². The first-order chi connectivity index (χ1) is 7.25. The number of hydrazone groups is 1. The number of rotatable bonds is 3. The summed E-state index contributed by atoms with van der Waals surface area (Å²) in [5.74, 6) is -1.14. The number of aromatic nitrogens is 1. The summed E-state index contributed by atoms with van der Waals surface area (Å²) < 4.78 is 5.22. The van der Waals surface area contributed by atoms with Crippen LogP contribution in [-0.4, -0.2) is 22.3 Å². The van der Waals surface area contributed by atoms with E-state index in [2.05, 4.69) is 15.5 Å². The second kappa shape index (κ2) is 3.79. The van der Waals surface area contributed by atoms with Gasteiger partial charge in [-0.25, -0.2) is 10.2 Å². The van der Waals surface area contributed by atoms with Crippen molar-refractivity contribution in [3.05, 3.63) is 24.3 Å². The minimum Gasteiger partial charge on any atom is -0.477 e. The Balaban J connectivity index is 2.19. The van der Waals surface area contributed by atoms with Gasteiger partial charge in [-0.3, -0.25) is 0 Å². The van der Waals surface area contributed by atoms with Gasteiger partial charge < -0.3 is 9.52 Å². The Morgan fingerprint density at radius 3 is 3.07 bits per heavy atom. The molecule has 0 saturated heterocycles. The highest BCUT2D eigenvalue weighted by atomic mass is 16.4. The molecular formula is C9H7N3O3. The van der Waals surface area contributed by atoms with Crippen LogP contribution < -0.4 is 5.43 Å². The Kier molecular flexibility index (Phi) is 2.32. The Morgan fingerprint density at radius 2 is 2.33 bits per heavy atom. The van der Waals surface area contributed by atoms with Gasteiger partial charge in [0.25, 0.3) is 0 Å². The molecule has 0 aliphatic rings. The molecule has 0 aliphatic heterocycles. The number of fused-ring (bicyclic) bond motifs is 1. The topological polar surface area (TPSA) is 87.7 Å². The third-order valence-corrected chi connectivity index (χ3v) is 1.63. The molecule has 0 radical (unpaired) electrons. The summed E-state index contributed by atoms with van der Waals surface area (Å²) in [7, 11) is 0. The summed E-state index contributed by atoms with van der Waals surface area (Å²) in [5, 5.41) is 11.7. The SMILES string of the molecule is O=C(O)C=NNc1nc2ccccc2o1. The molecule has 0 aliphatic carbocycles. The fourth-order valence-electron chi connectivity index (χ4n) is 1.06. The van der Waals surface area contributed by atoms with Gasteiger partial charge in [-0.2, -0.15) is 10.1 Å². The van der Waals surface area contributed by atoms with Gasteiger partial charge >= 0.3 is 12.0 Å². The molecular weight excluding hydrogens is 198 g/mol. The second-order valence-corrected chi connectivity index (χ2v) is 2.69. The van der Waals surface area contributed by atoms with Gasteiger partial charge in [0.2, 0.25) is 0 Å². The van der Waals surface area contributed by atoms with Gasteiger partial charge in [0.1, 0.15) is 11.7 Å². The molecule has 6 nitrogen and oxygen atoms in total. The minimum atomic E-state index is -1.14. The van der Waals surface area contributed by atoms with E-state index in [1.165, 1.54) is 0 Å². The Bertz CT molecular complexity index is 485. The summed E-state index contributed by atoms with van der Waals surface area (Å²) in [5.41, 5.74) is 3.68. The Morgan fingerprint density at radius 1 is 1.53 bits per heavy atom. The number of aliphatic carboxylic acids is 1. The summed E-state index contributed by atoms with van der Waals surface area (Å²) in [6, 6.07) is 7.35. The summed E-state index contributed by atoms with van der Waals surface area (Å²) >= 11 is 0. The first-order valence-electron chi connectivity index (χ1n) is 4.13. The van der Waals surface area contributed by atoms with Crippen LogP contribution >= 0.6 is 0 Å². The molecule has 1 aromatic carbocycles. The number of hydrogen-bond donors (Lipinski definition) is 2. The largest absolute Gasteiger partial charge is 0.477 e. The van der Waals surface area contributed by atoms with Crippen molar-refractivity contribution in [3.8, 4) is 0 Å². The number of para-hydroxylation sites is 2. The maximum atomic E-state index is 10.1. The lowest BCUT2D eigenvalue weighted by Gasteiger charge is -1.88. The summed E-state index contributed by atoms with van der Waals surface area (Å²) in [6.07, 6.45) is 0.717. The van der Waals surface area contributed by atoms with E-state index in [9.17, 15) is 4.79 Å². The van der Waals surface area contributed by atoms with Crippen molar-refractivity contribution in [1.82, 2.24) is 4.98 Å². The predicted octanol–water partition coefficient (Wildman–Crippen LogP) is 1.31. The maximum absolute atomic E-state index is 10.1. The predicted molar refractivity (Wildman–Crippen MR) is 53.8 cm³/mol. The highest BCUT2D eigenvalue weighted by Gasteiger charge is 2.02. The average molecular weight is 205 g/mol. The number of oxazole rings is 1. The fourth-order valence-corrected chi connectivity index (χ4v) is 1.06. The molecule has 0 bridgehead atoms. The van der Waals surface area contributed by atoms with Crippen LogP contribution in [0.3, 0.4) is 0 Å². The van der Waals surface area contributed by atoms with Crippen LogP contribution in [0.2, 0.25) is 0 Å². The third kappa shape index (κ3) is 2.11. The molecule has 0 amide bonds. The average Bonchev–Trinajstić information content (AvgIpc) is 2.59. The van der Waals surface area contributed by atoms with Crippen molar-refractivity contribution >= 4 is 29.3 Å². The maximum Gasteiger partial charge on any atom is 0.348 e. The summed E-state index contributed by atoms with van der Waals surface area (Å²) in [6.45, 7) is 0.